The molecule has 2 rings (SSSR count). The lowest BCUT2D eigenvalue weighted by Gasteiger charge is -2.22. The molecule has 1 aromatic carbocycles. The van der Waals surface area contributed by atoms with E-state index in [1.807, 2.05) is 24.3 Å². The molecule has 0 saturated carbocycles. The summed E-state index contributed by atoms with van der Waals surface area (Å²) in [7, 11) is 0. The molecule has 0 atom stereocenters. The highest BCUT2D eigenvalue weighted by Crippen LogP contribution is 2.14. The third-order valence-corrected chi connectivity index (χ3v) is 3.12. The van der Waals surface area contributed by atoms with Crippen molar-refractivity contribution in [2.45, 2.75) is 32.7 Å². The fourth-order valence-corrected chi connectivity index (χ4v) is 1.93. The average Bonchev–Trinajstić information content (AvgIpc) is 2.42. The normalized spacial score (nSPS) is 15.3. The third-order valence-electron chi connectivity index (χ3n) is 3.12. The number of hydrazone groups is 1. The van der Waals surface area contributed by atoms with E-state index >= 15 is 0 Å². The Morgan fingerprint density at radius 3 is 2.47 bits per heavy atom. The monoisotopic (exact) mass is 260 g/mol. The SMILES string of the molecule is CCc1ccc(CN2N=C(C(=O)O)CCC2=O)cc1. The van der Waals surface area contributed by atoms with Crippen molar-refractivity contribution >= 4 is 17.6 Å². The molecule has 1 N–H and O–H groups in total. The lowest BCUT2D eigenvalue weighted by Crippen LogP contribution is -2.33. The molecule has 1 amide bonds. The molecular weight excluding hydrogens is 244 g/mol. The van der Waals surface area contributed by atoms with Gasteiger partial charge in [0.25, 0.3) is 0 Å². The van der Waals surface area contributed by atoms with E-state index in [1.165, 1.54) is 10.6 Å². The largest absolute Gasteiger partial charge is 0.477 e. The van der Waals surface area contributed by atoms with Crippen LogP contribution in [0.15, 0.2) is 29.4 Å². The lowest BCUT2D eigenvalue weighted by molar-refractivity contribution is -0.133. The Balaban J connectivity index is 2.13. The summed E-state index contributed by atoms with van der Waals surface area (Å²) >= 11 is 0. The van der Waals surface area contributed by atoms with Gasteiger partial charge in [-0.2, -0.15) is 5.10 Å². The summed E-state index contributed by atoms with van der Waals surface area (Å²) in [5, 5.41) is 14.1. The number of carboxylic acid groups (broad SMARTS) is 1. The van der Waals surface area contributed by atoms with Crippen LogP contribution in [0, 0.1) is 0 Å². The van der Waals surface area contributed by atoms with Crippen LogP contribution in [-0.4, -0.2) is 27.7 Å². The van der Waals surface area contributed by atoms with E-state index in [2.05, 4.69) is 12.0 Å². The average molecular weight is 260 g/mol. The van der Waals surface area contributed by atoms with E-state index in [9.17, 15) is 9.59 Å². The number of rotatable bonds is 4. The first kappa shape index (κ1) is 13.3. The summed E-state index contributed by atoms with van der Waals surface area (Å²) in [6, 6.07) is 7.89. The standard InChI is InChI=1S/C14H16N2O3/c1-2-10-3-5-11(6-4-10)9-16-13(17)8-7-12(15-16)14(18)19/h3-6H,2,7-9H2,1H3,(H,18,19). The van der Waals surface area contributed by atoms with Crippen molar-refractivity contribution in [1.29, 1.82) is 0 Å². The maximum absolute atomic E-state index is 11.7. The number of hydrogen-bond acceptors (Lipinski definition) is 3. The van der Waals surface area contributed by atoms with Crippen LogP contribution in [0.25, 0.3) is 0 Å². The van der Waals surface area contributed by atoms with Gasteiger partial charge in [0.2, 0.25) is 5.91 Å². The number of carbonyl (C=O) groups is 2. The molecule has 1 heterocycles. The van der Waals surface area contributed by atoms with Gasteiger partial charge in [-0.1, -0.05) is 31.2 Å². The molecule has 0 saturated heterocycles. The fourth-order valence-electron chi connectivity index (χ4n) is 1.93. The van der Waals surface area contributed by atoms with Crippen molar-refractivity contribution in [2.75, 3.05) is 0 Å². The molecule has 0 bridgehead atoms. The Kier molecular flexibility index (Phi) is 3.94. The zero-order chi connectivity index (χ0) is 13.8. The van der Waals surface area contributed by atoms with E-state index < -0.39 is 5.97 Å². The highest BCUT2D eigenvalue weighted by Gasteiger charge is 2.23. The summed E-state index contributed by atoms with van der Waals surface area (Å²) in [5.74, 6) is -1.19. The molecular formula is C14H16N2O3. The van der Waals surface area contributed by atoms with E-state index in [0.29, 0.717) is 6.54 Å². The highest BCUT2D eigenvalue weighted by atomic mass is 16.4. The Morgan fingerprint density at radius 1 is 1.26 bits per heavy atom. The van der Waals surface area contributed by atoms with Crippen LogP contribution < -0.4 is 0 Å². The van der Waals surface area contributed by atoms with Crippen LogP contribution in [0.4, 0.5) is 0 Å². The minimum Gasteiger partial charge on any atom is -0.477 e. The van der Waals surface area contributed by atoms with Crippen molar-refractivity contribution in [3.8, 4) is 0 Å². The van der Waals surface area contributed by atoms with Gasteiger partial charge in [-0.15, -0.1) is 0 Å². The number of amides is 1. The second-order valence-electron chi connectivity index (χ2n) is 4.47. The smallest absolute Gasteiger partial charge is 0.352 e. The molecule has 100 valence electrons. The highest BCUT2D eigenvalue weighted by molar-refractivity contribution is 6.36. The Hall–Kier alpha value is -2.17. The van der Waals surface area contributed by atoms with E-state index in [1.54, 1.807) is 0 Å². The van der Waals surface area contributed by atoms with Crippen molar-refractivity contribution < 1.29 is 14.7 Å². The van der Waals surface area contributed by atoms with Crippen LogP contribution in [0.5, 0.6) is 0 Å². The Morgan fingerprint density at radius 2 is 1.89 bits per heavy atom. The molecule has 0 radical (unpaired) electrons. The van der Waals surface area contributed by atoms with E-state index in [0.717, 1.165) is 12.0 Å². The van der Waals surface area contributed by atoms with Crippen LogP contribution in [0.1, 0.15) is 30.9 Å². The predicted octanol–water partition coefficient (Wildman–Crippen LogP) is 1.81. The first-order valence-corrected chi connectivity index (χ1v) is 6.29. The van der Waals surface area contributed by atoms with Crippen LogP contribution >= 0.6 is 0 Å². The van der Waals surface area contributed by atoms with Gasteiger partial charge >= 0.3 is 5.97 Å². The minimum atomic E-state index is -1.06. The molecule has 1 aromatic rings. The molecule has 0 unspecified atom stereocenters. The summed E-state index contributed by atoms with van der Waals surface area (Å²) < 4.78 is 0. The molecule has 5 nitrogen and oxygen atoms in total. The van der Waals surface area contributed by atoms with E-state index in [4.69, 9.17) is 5.11 Å². The molecule has 5 heteroatoms. The van der Waals surface area contributed by atoms with Gasteiger partial charge in [0.05, 0.1) is 6.54 Å². The van der Waals surface area contributed by atoms with Gasteiger partial charge in [-0.3, -0.25) is 4.79 Å². The Labute approximate surface area is 111 Å². The zero-order valence-electron chi connectivity index (χ0n) is 10.8. The van der Waals surface area contributed by atoms with Gasteiger partial charge < -0.3 is 5.11 Å². The van der Waals surface area contributed by atoms with Gasteiger partial charge in [0, 0.05) is 12.8 Å². The predicted molar refractivity (Wildman–Crippen MR) is 70.7 cm³/mol. The summed E-state index contributed by atoms with van der Waals surface area (Å²) in [5.41, 5.74) is 2.22. The second kappa shape index (κ2) is 5.65. The quantitative estimate of drug-likeness (QED) is 0.897. The molecule has 0 spiro atoms. The topological polar surface area (TPSA) is 70.0 Å². The van der Waals surface area contributed by atoms with Crippen molar-refractivity contribution in [1.82, 2.24) is 5.01 Å². The van der Waals surface area contributed by atoms with Crippen LogP contribution in [0.2, 0.25) is 0 Å². The zero-order valence-corrected chi connectivity index (χ0v) is 10.8. The van der Waals surface area contributed by atoms with Crippen LogP contribution in [0.3, 0.4) is 0 Å². The van der Waals surface area contributed by atoms with Gasteiger partial charge in [0.15, 0.2) is 0 Å². The number of aryl methyl sites for hydroxylation is 1. The molecule has 19 heavy (non-hydrogen) atoms. The molecule has 0 aliphatic carbocycles. The number of nitrogens with zero attached hydrogens (tertiary/aromatic N) is 2. The van der Waals surface area contributed by atoms with Gasteiger partial charge in [0.1, 0.15) is 5.71 Å². The first-order valence-electron chi connectivity index (χ1n) is 6.29. The maximum Gasteiger partial charge on any atom is 0.352 e. The van der Waals surface area contributed by atoms with Crippen molar-refractivity contribution in [3.05, 3.63) is 35.4 Å². The van der Waals surface area contributed by atoms with Crippen LogP contribution in [-0.2, 0) is 22.6 Å². The molecule has 1 aliphatic heterocycles. The summed E-state index contributed by atoms with van der Waals surface area (Å²) in [4.78, 5) is 22.6. The maximum atomic E-state index is 11.7. The number of aliphatic carboxylic acids is 1. The number of hydrogen-bond donors (Lipinski definition) is 1. The van der Waals surface area contributed by atoms with Crippen molar-refractivity contribution in [2.24, 2.45) is 5.10 Å². The second-order valence-corrected chi connectivity index (χ2v) is 4.47. The van der Waals surface area contributed by atoms with E-state index in [-0.39, 0.29) is 24.5 Å². The molecule has 1 aliphatic rings. The molecule has 0 fully saturated rings. The lowest BCUT2D eigenvalue weighted by atomic mass is 10.1. The van der Waals surface area contributed by atoms with Gasteiger partial charge in [-0.05, 0) is 17.5 Å². The summed E-state index contributed by atoms with van der Waals surface area (Å²) in [6.45, 7) is 2.40. The summed E-state index contributed by atoms with van der Waals surface area (Å²) in [6.07, 6.45) is 1.38. The number of carboxylic acids is 1. The minimum absolute atomic E-state index is 0.0461. The number of benzene rings is 1. The number of carbonyl (C=O) groups excluding carboxylic acids is 1. The Bertz CT molecular complexity index is 520. The fraction of sp³-hybridized carbons (Fsp3) is 0.357. The molecule has 0 aromatic heterocycles. The van der Waals surface area contributed by atoms with Crippen molar-refractivity contribution in [3.63, 3.8) is 0 Å². The first-order chi connectivity index (χ1) is 9.10. The third kappa shape index (κ3) is 3.19. The van der Waals surface area contributed by atoms with Gasteiger partial charge in [-0.25, -0.2) is 9.80 Å².